The lowest BCUT2D eigenvalue weighted by Gasteiger charge is -2.11. The predicted molar refractivity (Wildman–Crippen MR) is 47.2 cm³/mol. The van der Waals surface area contributed by atoms with E-state index in [0.29, 0.717) is 0 Å². The Balaban J connectivity index is 2.89. The van der Waals surface area contributed by atoms with Crippen molar-refractivity contribution in [2.45, 2.75) is 19.1 Å². The van der Waals surface area contributed by atoms with Gasteiger partial charge in [-0.25, -0.2) is 0 Å². The van der Waals surface area contributed by atoms with Crippen molar-refractivity contribution in [3.63, 3.8) is 0 Å². The molecule has 0 bridgehead atoms. The number of hydrogen-bond acceptors (Lipinski definition) is 2. The van der Waals surface area contributed by atoms with Gasteiger partial charge in [0.25, 0.3) is 0 Å². The fourth-order valence-electron chi connectivity index (χ4n) is 1.06. The number of nitrogens with two attached hydrogens (primary N) is 1. The molecule has 0 aromatic heterocycles. The predicted octanol–water partition coefficient (Wildman–Crippen LogP) is 2.23. The Morgan fingerprint density at radius 3 is 2.07 bits per heavy atom. The lowest BCUT2D eigenvalue weighted by Crippen LogP contribution is -2.25. The van der Waals surface area contributed by atoms with Crippen LogP contribution in [0, 0.1) is 0 Å². The molecule has 0 radical (unpaired) electrons. The lowest BCUT2D eigenvalue weighted by atomic mass is 10.1. The van der Waals surface area contributed by atoms with Crippen molar-refractivity contribution in [3.8, 4) is 0 Å². The second-order valence-corrected chi connectivity index (χ2v) is 3.01. The van der Waals surface area contributed by atoms with Crippen molar-refractivity contribution >= 4 is 0 Å². The van der Waals surface area contributed by atoms with Crippen molar-refractivity contribution in [2.24, 2.45) is 5.84 Å². The molecule has 78 valence electrons. The standard InChI is InChI=1S/C9H11F3N2/c1-6(14-13)7-2-4-8(5-3-7)9(10,11)12/h2-6,14H,13H2,1H3. The van der Waals surface area contributed by atoms with Crippen molar-refractivity contribution in [1.82, 2.24) is 5.43 Å². The highest BCUT2D eigenvalue weighted by Crippen LogP contribution is 2.29. The lowest BCUT2D eigenvalue weighted by molar-refractivity contribution is -0.137. The molecule has 3 N–H and O–H groups in total. The Bertz CT molecular complexity index is 292. The van der Waals surface area contributed by atoms with Gasteiger partial charge in [-0.3, -0.25) is 11.3 Å². The molecule has 1 unspecified atom stereocenters. The smallest absolute Gasteiger partial charge is 0.271 e. The number of benzene rings is 1. The molecule has 1 aromatic rings. The van der Waals surface area contributed by atoms with E-state index in [1.54, 1.807) is 6.92 Å². The molecule has 14 heavy (non-hydrogen) atoms. The molecule has 0 saturated carbocycles. The minimum absolute atomic E-state index is 0.155. The quantitative estimate of drug-likeness (QED) is 0.572. The van der Waals surface area contributed by atoms with E-state index in [0.717, 1.165) is 17.7 Å². The summed E-state index contributed by atoms with van der Waals surface area (Å²) >= 11 is 0. The summed E-state index contributed by atoms with van der Waals surface area (Å²) in [6.45, 7) is 1.77. The molecule has 0 heterocycles. The Labute approximate surface area is 79.9 Å². The number of hydrazine groups is 1. The Morgan fingerprint density at radius 1 is 1.21 bits per heavy atom. The summed E-state index contributed by atoms with van der Waals surface area (Å²) in [5.74, 6) is 5.16. The second kappa shape index (κ2) is 3.98. The summed E-state index contributed by atoms with van der Waals surface area (Å²) in [5.41, 5.74) is 2.53. The number of rotatable bonds is 2. The first kappa shape index (κ1) is 11.0. The largest absolute Gasteiger partial charge is 0.416 e. The summed E-state index contributed by atoms with van der Waals surface area (Å²) < 4.78 is 36.5. The van der Waals surface area contributed by atoms with Gasteiger partial charge in [-0.15, -0.1) is 0 Å². The van der Waals surface area contributed by atoms with Gasteiger partial charge in [0.2, 0.25) is 0 Å². The number of halogens is 3. The highest BCUT2D eigenvalue weighted by Gasteiger charge is 2.29. The molecule has 1 rings (SSSR count). The van der Waals surface area contributed by atoms with Crippen molar-refractivity contribution in [3.05, 3.63) is 35.4 Å². The van der Waals surface area contributed by atoms with E-state index in [1.165, 1.54) is 12.1 Å². The van der Waals surface area contributed by atoms with Gasteiger partial charge >= 0.3 is 6.18 Å². The third-order valence-electron chi connectivity index (χ3n) is 1.99. The molecule has 1 atom stereocenters. The summed E-state index contributed by atoms with van der Waals surface area (Å²) in [4.78, 5) is 0. The first-order valence-corrected chi connectivity index (χ1v) is 4.08. The molecule has 0 amide bonds. The van der Waals surface area contributed by atoms with Crippen LogP contribution < -0.4 is 11.3 Å². The SMILES string of the molecule is CC(NN)c1ccc(C(F)(F)F)cc1. The fourth-order valence-corrected chi connectivity index (χ4v) is 1.06. The molecule has 0 fully saturated rings. The van der Waals surface area contributed by atoms with Crippen LogP contribution in [-0.4, -0.2) is 0 Å². The van der Waals surface area contributed by atoms with E-state index in [4.69, 9.17) is 5.84 Å². The van der Waals surface area contributed by atoms with Gasteiger partial charge in [0.1, 0.15) is 0 Å². The van der Waals surface area contributed by atoms with Gasteiger partial charge in [0.05, 0.1) is 5.56 Å². The van der Waals surface area contributed by atoms with E-state index >= 15 is 0 Å². The molecule has 0 saturated heterocycles. The first-order valence-electron chi connectivity index (χ1n) is 4.08. The summed E-state index contributed by atoms with van der Waals surface area (Å²) in [5, 5.41) is 0. The molecule has 0 spiro atoms. The molecular weight excluding hydrogens is 193 g/mol. The average Bonchev–Trinajstić information content (AvgIpc) is 2.15. The minimum Gasteiger partial charge on any atom is -0.271 e. The van der Waals surface area contributed by atoms with Crippen LogP contribution in [0.25, 0.3) is 0 Å². The third kappa shape index (κ3) is 2.46. The summed E-state index contributed by atoms with van der Waals surface area (Å²) in [7, 11) is 0. The highest BCUT2D eigenvalue weighted by molar-refractivity contribution is 5.26. The van der Waals surface area contributed by atoms with E-state index in [1.807, 2.05) is 0 Å². The first-order chi connectivity index (χ1) is 6.45. The van der Waals surface area contributed by atoms with E-state index in [-0.39, 0.29) is 6.04 Å². The van der Waals surface area contributed by atoms with E-state index in [9.17, 15) is 13.2 Å². The van der Waals surface area contributed by atoms with Gasteiger partial charge in [-0.05, 0) is 24.6 Å². The van der Waals surface area contributed by atoms with Crippen LogP contribution in [0.1, 0.15) is 24.1 Å². The van der Waals surface area contributed by atoms with Crippen LogP contribution in [0.5, 0.6) is 0 Å². The summed E-state index contributed by atoms with van der Waals surface area (Å²) in [6, 6.07) is 4.75. The zero-order chi connectivity index (χ0) is 10.8. The average molecular weight is 204 g/mol. The zero-order valence-corrected chi connectivity index (χ0v) is 7.60. The molecule has 2 nitrogen and oxygen atoms in total. The van der Waals surface area contributed by atoms with E-state index in [2.05, 4.69) is 5.43 Å². The molecule has 1 aromatic carbocycles. The fraction of sp³-hybridized carbons (Fsp3) is 0.333. The normalized spacial score (nSPS) is 14.1. The van der Waals surface area contributed by atoms with Crippen molar-refractivity contribution in [2.75, 3.05) is 0 Å². The maximum atomic E-state index is 12.2. The van der Waals surface area contributed by atoms with Crippen LogP contribution in [0.2, 0.25) is 0 Å². The van der Waals surface area contributed by atoms with Gasteiger partial charge < -0.3 is 0 Å². The van der Waals surface area contributed by atoms with E-state index < -0.39 is 11.7 Å². The zero-order valence-electron chi connectivity index (χ0n) is 7.60. The number of nitrogens with one attached hydrogen (secondary N) is 1. The molecule has 5 heteroatoms. The van der Waals surface area contributed by atoms with Crippen LogP contribution in [0.3, 0.4) is 0 Å². The van der Waals surface area contributed by atoms with Crippen LogP contribution in [0.15, 0.2) is 24.3 Å². The monoisotopic (exact) mass is 204 g/mol. The van der Waals surface area contributed by atoms with Gasteiger partial charge in [0, 0.05) is 6.04 Å². The Kier molecular flexibility index (Phi) is 3.13. The molecular formula is C9H11F3N2. The van der Waals surface area contributed by atoms with Gasteiger partial charge in [0.15, 0.2) is 0 Å². The minimum atomic E-state index is -4.28. The number of hydrogen-bond donors (Lipinski definition) is 2. The van der Waals surface area contributed by atoms with Crippen molar-refractivity contribution < 1.29 is 13.2 Å². The molecule has 0 aliphatic heterocycles. The third-order valence-corrected chi connectivity index (χ3v) is 1.99. The topological polar surface area (TPSA) is 38.0 Å². The van der Waals surface area contributed by atoms with Crippen LogP contribution in [-0.2, 0) is 6.18 Å². The van der Waals surface area contributed by atoms with Crippen LogP contribution in [0.4, 0.5) is 13.2 Å². The maximum absolute atomic E-state index is 12.2. The summed E-state index contributed by atoms with van der Waals surface area (Å²) in [6.07, 6.45) is -4.28. The highest BCUT2D eigenvalue weighted by atomic mass is 19.4. The Morgan fingerprint density at radius 2 is 1.71 bits per heavy atom. The molecule has 0 aliphatic rings. The number of alkyl halides is 3. The maximum Gasteiger partial charge on any atom is 0.416 e. The second-order valence-electron chi connectivity index (χ2n) is 3.01. The van der Waals surface area contributed by atoms with Crippen molar-refractivity contribution in [1.29, 1.82) is 0 Å². The van der Waals surface area contributed by atoms with Gasteiger partial charge in [-0.1, -0.05) is 12.1 Å². The van der Waals surface area contributed by atoms with Crippen LogP contribution >= 0.6 is 0 Å². The van der Waals surface area contributed by atoms with Gasteiger partial charge in [-0.2, -0.15) is 13.2 Å². The Hall–Kier alpha value is -1.07. The molecule has 0 aliphatic carbocycles.